The van der Waals surface area contributed by atoms with Crippen molar-refractivity contribution < 1.29 is 32.6 Å². The van der Waals surface area contributed by atoms with Crippen LogP contribution in [-0.4, -0.2) is 60.0 Å². The molecule has 0 aromatic carbocycles. The average molecular weight is 366 g/mol. The molecule has 2 amide bonds. The molecule has 2 rings (SSSR count). The van der Waals surface area contributed by atoms with Crippen LogP contribution in [0.15, 0.2) is 0 Å². The Morgan fingerprint density at radius 2 is 1.84 bits per heavy atom. The summed E-state index contributed by atoms with van der Waals surface area (Å²) < 4.78 is 44.7. The van der Waals surface area contributed by atoms with Gasteiger partial charge in [-0.3, -0.25) is 4.79 Å². The molecule has 25 heavy (non-hydrogen) atoms. The molecule has 0 radical (unpaired) electrons. The fraction of sp³-hybridized carbons (Fsp3) is 0.875. The van der Waals surface area contributed by atoms with Crippen molar-refractivity contribution in [2.24, 2.45) is 17.3 Å². The zero-order chi connectivity index (χ0) is 19.0. The Bertz CT molecular complexity index is 518. The highest BCUT2D eigenvalue weighted by atomic mass is 19.4. The van der Waals surface area contributed by atoms with Crippen molar-refractivity contribution in [2.75, 3.05) is 19.7 Å². The Labute approximate surface area is 144 Å². The van der Waals surface area contributed by atoms with E-state index in [2.05, 4.69) is 5.32 Å². The molecular weight excluding hydrogens is 341 g/mol. The maximum Gasteiger partial charge on any atom is 0.394 e. The van der Waals surface area contributed by atoms with Crippen molar-refractivity contribution in [1.29, 1.82) is 0 Å². The van der Waals surface area contributed by atoms with Gasteiger partial charge in [0.15, 0.2) is 0 Å². The Kier molecular flexibility index (Phi) is 5.56. The summed E-state index contributed by atoms with van der Waals surface area (Å²) >= 11 is 0. The molecule has 0 aliphatic carbocycles. The molecule has 0 spiro atoms. The summed E-state index contributed by atoms with van der Waals surface area (Å²) in [6, 6.07) is -0.837. The average Bonchev–Trinajstić information content (AvgIpc) is 2.92. The second-order valence-corrected chi connectivity index (χ2v) is 7.89. The number of alkyl halides is 3. The van der Waals surface area contributed by atoms with Crippen molar-refractivity contribution in [1.82, 2.24) is 10.2 Å². The third kappa shape index (κ3) is 4.77. The normalized spacial score (nSPS) is 31.0. The third-order valence-electron chi connectivity index (χ3n) is 4.92. The maximum atomic E-state index is 13.0. The van der Waals surface area contributed by atoms with Crippen molar-refractivity contribution in [3.8, 4) is 0 Å². The van der Waals surface area contributed by atoms with Crippen LogP contribution in [0.4, 0.5) is 18.0 Å². The number of amides is 2. The number of aliphatic carboxylic acids is 1. The highest BCUT2D eigenvalue weighted by Gasteiger charge is 2.53. The van der Waals surface area contributed by atoms with E-state index in [4.69, 9.17) is 9.84 Å². The summed E-state index contributed by atoms with van der Waals surface area (Å²) in [6.45, 7) is 5.47. The third-order valence-corrected chi connectivity index (χ3v) is 4.92. The summed E-state index contributed by atoms with van der Waals surface area (Å²) in [5.41, 5.74) is -0.104. The lowest BCUT2D eigenvalue weighted by Crippen LogP contribution is -2.49. The van der Waals surface area contributed by atoms with Crippen LogP contribution >= 0.6 is 0 Å². The van der Waals surface area contributed by atoms with Gasteiger partial charge in [0.1, 0.15) is 0 Å². The molecule has 0 aromatic heterocycles. The van der Waals surface area contributed by atoms with Crippen LogP contribution in [0.1, 0.15) is 33.6 Å². The summed E-state index contributed by atoms with van der Waals surface area (Å²) in [6.07, 6.45) is -3.54. The standard InChI is InChI=1S/C16H25F3N2O4/c1-15(2,3)12-6-9(4-5-25-12)20-14(24)21-7-10(13(22)23)11(8-21)16(17,18)19/h9-12H,4-8H2,1-3H3,(H,20,24)(H,22,23)/t9?,10-,11-,12?/m1/s1. The van der Waals surface area contributed by atoms with E-state index in [-0.39, 0.29) is 17.6 Å². The predicted molar refractivity (Wildman–Crippen MR) is 83.0 cm³/mol. The lowest BCUT2D eigenvalue weighted by atomic mass is 9.83. The fourth-order valence-electron chi connectivity index (χ4n) is 3.35. The summed E-state index contributed by atoms with van der Waals surface area (Å²) in [5.74, 6) is -5.19. The van der Waals surface area contributed by atoms with Crippen molar-refractivity contribution in [3.05, 3.63) is 0 Å². The van der Waals surface area contributed by atoms with E-state index < -0.39 is 43.1 Å². The molecular formula is C16H25F3N2O4. The Morgan fingerprint density at radius 3 is 2.32 bits per heavy atom. The van der Waals surface area contributed by atoms with Crippen LogP contribution < -0.4 is 5.32 Å². The number of urea groups is 1. The van der Waals surface area contributed by atoms with Crippen molar-refractivity contribution in [2.45, 2.75) is 51.9 Å². The predicted octanol–water partition coefficient (Wildman–Crippen LogP) is 2.48. The van der Waals surface area contributed by atoms with Gasteiger partial charge < -0.3 is 20.1 Å². The zero-order valence-corrected chi connectivity index (χ0v) is 14.6. The summed E-state index contributed by atoms with van der Waals surface area (Å²) in [4.78, 5) is 24.4. The fourth-order valence-corrected chi connectivity index (χ4v) is 3.35. The second-order valence-electron chi connectivity index (χ2n) is 7.89. The van der Waals surface area contributed by atoms with Gasteiger partial charge in [0.25, 0.3) is 0 Å². The molecule has 0 aromatic rings. The van der Waals surface area contributed by atoms with E-state index >= 15 is 0 Å². The van der Waals surface area contributed by atoms with Crippen LogP contribution in [0, 0.1) is 17.3 Å². The molecule has 0 bridgehead atoms. The number of carboxylic acid groups (broad SMARTS) is 1. The smallest absolute Gasteiger partial charge is 0.394 e. The first-order valence-corrected chi connectivity index (χ1v) is 8.36. The highest BCUT2D eigenvalue weighted by Crippen LogP contribution is 2.38. The Hall–Kier alpha value is -1.51. The van der Waals surface area contributed by atoms with Gasteiger partial charge in [0, 0.05) is 25.7 Å². The minimum atomic E-state index is -4.64. The number of ether oxygens (including phenoxy) is 1. The molecule has 144 valence electrons. The van der Waals surface area contributed by atoms with Crippen molar-refractivity contribution in [3.63, 3.8) is 0 Å². The van der Waals surface area contributed by atoms with E-state index in [0.717, 1.165) is 4.90 Å². The van der Waals surface area contributed by atoms with E-state index in [1.807, 2.05) is 20.8 Å². The molecule has 6 nitrogen and oxygen atoms in total. The first kappa shape index (κ1) is 19.8. The monoisotopic (exact) mass is 366 g/mol. The molecule has 2 fully saturated rings. The number of carboxylic acids is 1. The van der Waals surface area contributed by atoms with E-state index in [1.54, 1.807) is 0 Å². The quantitative estimate of drug-likeness (QED) is 0.787. The van der Waals surface area contributed by atoms with Crippen LogP contribution in [0.25, 0.3) is 0 Å². The van der Waals surface area contributed by atoms with Crippen molar-refractivity contribution >= 4 is 12.0 Å². The Balaban J connectivity index is 1.98. The number of hydrogen-bond acceptors (Lipinski definition) is 3. The minimum absolute atomic E-state index is 0.0557. The number of rotatable bonds is 2. The molecule has 2 N–H and O–H groups in total. The second kappa shape index (κ2) is 7.01. The molecule has 2 aliphatic rings. The number of carbonyl (C=O) groups is 2. The van der Waals surface area contributed by atoms with Crippen LogP contribution in [-0.2, 0) is 9.53 Å². The van der Waals surface area contributed by atoms with E-state index in [0.29, 0.717) is 19.4 Å². The van der Waals surface area contributed by atoms with Gasteiger partial charge in [-0.25, -0.2) is 4.79 Å². The number of hydrogen-bond donors (Lipinski definition) is 2. The molecule has 9 heteroatoms. The number of nitrogens with zero attached hydrogens (tertiary/aromatic N) is 1. The van der Waals surface area contributed by atoms with Gasteiger partial charge in [-0.1, -0.05) is 20.8 Å². The lowest BCUT2D eigenvalue weighted by Gasteiger charge is -2.38. The lowest BCUT2D eigenvalue weighted by molar-refractivity contribution is -0.187. The molecule has 4 atom stereocenters. The topological polar surface area (TPSA) is 78.9 Å². The molecule has 2 heterocycles. The molecule has 0 saturated carbocycles. The highest BCUT2D eigenvalue weighted by molar-refractivity contribution is 5.78. The molecule has 2 saturated heterocycles. The Morgan fingerprint density at radius 1 is 1.20 bits per heavy atom. The largest absolute Gasteiger partial charge is 0.481 e. The van der Waals surface area contributed by atoms with Gasteiger partial charge in [0.05, 0.1) is 17.9 Å². The SMILES string of the molecule is CC(C)(C)C1CC(NC(=O)N2C[C@@H](C(F)(F)F)[C@H](C(=O)O)C2)CCO1. The van der Waals surface area contributed by atoms with Gasteiger partial charge in [-0.15, -0.1) is 0 Å². The summed E-state index contributed by atoms with van der Waals surface area (Å²) in [5, 5.41) is 11.8. The van der Waals surface area contributed by atoms with Gasteiger partial charge >= 0.3 is 18.2 Å². The zero-order valence-electron chi connectivity index (χ0n) is 14.6. The van der Waals surface area contributed by atoms with Gasteiger partial charge in [-0.05, 0) is 18.3 Å². The van der Waals surface area contributed by atoms with Crippen LogP contribution in [0.3, 0.4) is 0 Å². The van der Waals surface area contributed by atoms with E-state index in [9.17, 15) is 22.8 Å². The minimum Gasteiger partial charge on any atom is -0.481 e. The number of nitrogens with one attached hydrogen (secondary N) is 1. The first-order chi connectivity index (χ1) is 11.4. The maximum absolute atomic E-state index is 13.0. The number of carbonyl (C=O) groups excluding carboxylic acids is 1. The first-order valence-electron chi connectivity index (χ1n) is 8.36. The summed E-state index contributed by atoms with van der Waals surface area (Å²) in [7, 11) is 0. The van der Waals surface area contributed by atoms with Gasteiger partial charge in [-0.2, -0.15) is 13.2 Å². The molecule has 2 aliphatic heterocycles. The number of likely N-dealkylation sites (tertiary alicyclic amines) is 1. The van der Waals surface area contributed by atoms with Crippen LogP contribution in [0.5, 0.6) is 0 Å². The van der Waals surface area contributed by atoms with E-state index in [1.165, 1.54) is 0 Å². The molecule has 2 unspecified atom stereocenters. The number of halogens is 3. The van der Waals surface area contributed by atoms with Crippen LogP contribution in [0.2, 0.25) is 0 Å². The van der Waals surface area contributed by atoms with Gasteiger partial charge in [0.2, 0.25) is 0 Å².